The number of hydrogen-bond donors (Lipinski definition) is 0. The molecular formula is C20H22ClN3O3. The number of amides is 2. The zero-order valence-corrected chi connectivity index (χ0v) is 15.8. The van der Waals surface area contributed by atoms with Crippen LogP contribution in [0.1, 0.15) is 48.9 Å². The molecule has 2 aliphatic heterocycles. The van der Waals surface area contributed by atoms with Crippen molar-refractivity contribution in [3.8, 4) is 0 Å². The molecule has 1 aromatic heterocycles. The normalized spacial score (nSPS) is 19.9. The summed E-state index contributed by atoms with van der Waals surface area (Å²) in [5.41, 5.74) is 1.05. The van der Waals surface area contributed by atoms with Crippen molar-refractivity contribution in [3.05, 3.63) is 52.7 Å². The van der Waals surface area contributed by atoms with E-state index in [2.05, 4.69) is 4.98 Å². The van der Waals surface area contributed by atoms with Crippen LogP contribution in [0.5, 0.6) is 0 Å². The average Bonchev–Trinajstić information content (AvgIpc) is 3.36. The highest BCUT2D eigenvalue weighted by atomic mass is 35.5. The highest BCUT2D eigenvalue weighted by Gasteiger charge is 2.35. The first kappa shape index (κ1) is 18.0. The van der Waals surface area contributed by atoms with E-state index in [4.69, 9.17) is 16.0 Å². The zero-order valence-electron chi connectivity index (χ0n) is 15.1. The SMILES string of the molecule is O=C1CCCN1CC(=O)N1CCC[C@H]1c1ncc(Cc2cccc(Cl)c2)o1. The van der Waals surface area contributed by atoms with Gasteiger partial charge in [-0.3, -0.25) is 9.59 Å². The molecule has 2 aromatic rings. The topological polar surface area (TPSA) is 66.7 Å². The van der Waals surface area contributed by atoms with Gasteiger partial charge in [0, 0.05) is 31.0 Å². The second kappa shape index (κ2) is 7.72. The number of hydrogen-bond acceptors (Lipinski definition) is 4. The summed E-state index contributed by atoms with van der Waals surface area (Å²) in [5.74, 6) is 1.37. The number of carbonyl (C=O) groups excluding carboxylic acids is 2. The van der Waals surface area contributed by atoms with Crippen LogP contribution < -0.4 is 0 Å². The monoisotopic (exact) mass is 387 g/mol. The molecule has 6 nitrogen and oxygen atoms in total. The fraction of sp³-hybridized carbons (Fsp3) is 0.450. The van der Waals surface area contributed by atoms with Gasteiger partial charge in [-0.2, -0.15) is 0 Å². The van der Waals surface area contributed by atoms with E-state index in [0.29, 0.717) is 36.8 Å². The fourth-order valence-electron chi connectivity index (χ4n) is 3.85. The predicted molar refractivity (Wildman–Crippen MR) is 100 cm³/mol. The Labute approximate surface area is 163 Å². The van der Waals surface area contributed by atoms with Gasteiger partial charge in [0.05, 0.1) is 12.7 Å². The first-order chi connectivity index (χ1) is 13.1. The molecule has 0 aliphatic carbocycles. The Hall–Kier alpha value is -2.34. The third-order valence-electron chi connectivity index (χ3n) is 5.19. The fourth-order valence-corrected chi connectivity index (χ4v) is 4.07. The molecule has 142 valence electrons. The Morgan fingerprint density at radius 3 is 2.96 bits per heavy atom. The van der Waals surface area contributed by atoms with E-state index in [1.54, 1.807) is 16.0 Å². The minimum atomic E-state index is -0.150. The zero-order chi connectivity index (χ0) is 18.8. The summed E-state index contributed by atoms with van der Waals surface area (Å²) in [5, 5.41) is 0.691. The van der Waals surface area contributed by atoms with Gasteiger partial charge < -0.3 is 14.2 Å². The standard InChI is InChI=1S/C20H22ClN3O3/c21-15-5-1-4-14(10-15)11-16-12-22-20(27-16)17-6-2-9-24(17)19(26)13-23-8-3-7-18(23)25/h1,4-5,10,12,17H,2-3,6-9,11,13H2/t17-/m0/s1. The van der Waals surface area contributed by atoms with Crippen LogP contribution in [-0.2, 0) is 16.0 Å². The van der Waals surface area contributed by atoms with Crippen molar-refractivity contribution in [2.45, 2.75) is 38.1 Å². The van der Waals surface area contributed by atoms with Gasteiger partial charge in [-0.25, -0.2) is 4.98 Å². The highest BCUT2D eigenvalue weighted by Crippen LogP contribution is 2.32. The van der Waals surface area contributed by atoms with Gasteiger partial charge in [0.1, 0.15) is 11.8 Å². The summed E-state index contributed by atoms with van der Waals surface area (Å²) < 4.78 is 5.95. The minimum absolute atomic E-state index is 0.0256. The van der Waals surface area contributed by atoms with Crippen molar-refractivity contribution in [1.29, 1.82) is 0 Å². The van der Waals surface area contributed by atoms with E-state index in [-0.39, 0.29) is 24.4 Å². The van der Waals surface area contributed by atoms with E-state index in [9.17, 15) is 9.59 Å². The molecule has 0 N–H and O–H groups in total. The molecule has 7 heteroatoms. The van der Waals surface area contributed by atoms with Crippen LogP contribution in [0.15, 0.2) is 34.9 Å². The maximum atomic E-state index is 12.7. The van der Waals surface area contributed by atoms with Crippen molar-refractivity contribution in [1.82, 2.24) is 14.8 Å². The molecule has 2 aliphatic rings. The Balaban J connectivity index is 1.43. The maximum absolute atomic E-state index is 12.7. The molecule has 0 spiro atoms. The molecule has 1 aromatic carbocycles. The van der Waals surface area contributed by atoms with Crippen molar-refractivity contribution >= 4 is 23.4 Å². The summed E-state index contributed by atoms with van der Waals surface area (Å²) in [6.07, 6.45) is 5.45. The van der Waals surface area contributed by atoms with Crippen LogP contribution in [0, 0.1) is 0 Å². The summed E-state index contributed by atoms with van der Waals surface area (Å²) >= 11 is 6.04. The first-order valence-electron chi connectivity index (χ1n) is 9.36. The number of carbonyl (C=O) groups is 2. The number of oxazole rings is 1. The van der Waals surface area contributed by atoms with Gasteiger partial charge in [0.25, 0.3) is 0 Å². The predicted octanol–water partition coefficient (Wildman–Crippen LogP) is 3.20. The molecule has 0 bridgehead atoms. The molecule has 2 amide bonds. The van der Waals surface area contributed by atoms with Gasteiger partial charge in [-0.15, -0.1) is 0 Å². The number of likely N-dealkylation sites (tertiary alicyclic amines) is 2. The lowest BCUT2D eigenvalue weighted by molar-refractivity contribution is -0.139. The quantitative estimate of drug-likeness (QED) is 0.790. The number of halogens is 1. The molecule has 0 radical (unpaired) electrons. The van der Waals surface area contributed by atoms with Crippen LogP contribution in [0.25, 0.3) is 0 Å². The van der Waals surface area contributed by atoms with Crippen molar-refractivity contribution < 1.29 is 14.0 Å². The van der Waals surface area contributed by atoms with Gasteiger partial charge in [0.2, 0.25) is 17.7 Å². The highest BCUT2D eigenvalue weighted by molar-refractivity contribution is 6.30. The maximum Gasteiger partial charge on any atom is 0.242 e. The minimum Gasteiger partial charge on any atom is -0.443 e. The lowest BCUT2D eigenvalue weighted by Crippen LogP contribution is -2.40. The summed E-state index contributed by atoms with van der Waals surface area (Å²) in [7, 11) is 0. The van der Waals surface area contributed by atoms with Crippen LogP contribution >= 0.6 is 11.6 Å². The van der Waals surface area contributed by atoms with Crippen LogP contribution in [0.3, 0.4) is 0 Å². The Bertz CT molecular complexity index is 851. The lowest BCUT2D eigenvalue weighted by Gasteiger charge is -2.25. The summed E-state index contributed by atoms with van der Waals surface area (Å²) in [4.78, 5) is 32.4. The molecule has 1 atom stereocenters. The van der Waals surface area contributed by atoms with E-state index < -0.39 is 0 Å². The molecule has 4 rings (SSSR count). The third-order valence-corrected chi connectivity index (χ3v) is 5.43. The molecule has 3 heterocycles. The van der Waals surface area contributed by atoms with Crippen LogP contribution in [-0.4, -0.2) is 46.2 Å². The molecule has 0 unspecified atom stereocenters. The van der Waals surface area contributed by atoms with E-state index >= 15 is 0 Å². The number of benzene rings is 1. The molecule has 2 fully saturated rings. The number of rotatable bonds is 5. The van der Waals surface area contributed by atoms with Crippen LogP contribution in [0.2, 0.25) is 5.02 Å². The Morgan fingerprint density at radius 1 is 1.30 bits per heavy atom. The van der Waals surface area contributed by atoms with Crippen molar-refractivity contribution in [3.63, 3.8) is 0 Å². The molecule has 0 saturated carbocycles. The van der Waals surface area contributed by atoms with E-state index in [1.807, 2.05) is 24.3 Å². The Morgan fingerprint density at radius 2 is 2.19 bits per heavy atom. The van der Waals surface area contributed by atoms with Crippen molar-refractivity contribution in [2.24, 2.45) is 0 Å². The second-order valence-electron chi connectivity index (χ2n) is 7.14. The summed E-state index contributed by atoms with van der Waals surface area (Å²) in [6, 6.07) is 7.49. The van der Waals surface area contributed by atoms with Gasteiger partial charge >= 0.3 is 0 Å². The van der Waals surface area contributed by atoms with E-state index in [1.165, 1.54) is 0 Å². The molecule has 2 saturated heterocycles. The second-order valence-corrected chi connectivity index (χ2v) is 7.57. The Kier molecular flexibility index (Phi) is 5.16. The smallest absolute Gasteiger partial charge is 0.242 e. The largest absolute Gasteiger partial charge is 0.443 e. The van der Waals surface area contributed by atoms with Gasteiger partial charge in [-0.1, -0.05) is 23.7 Å². The van der Waals surface area contributed by atoms with E-state index in [0.717, 1.165) is 30.6 Å². The van der Waals surface area contributed by atoms with Crippen LogP contribution in [0.4, 0.5) is 0 Å². The number of nitrogens with zero attached hydrogens (tertiary/aromatic N) is 3. The average molecular weight is 388 g/mol. The first-order valence-corrected chi connectivity index (χ1v) is 9.74. The van der Waals surface area contributed by atoms with Crippen molar-refractivity contribution in [2.75, 3.05) is 19.6 Å². The number of aromatic nitrogens is 1. The third kappa shape index (κ3) is 4.00. The van der Waals surface area contributed by atoms with Gasteiger partial charge in [-0.05, 0) is 37.0 Å². The lowest BCUT2D eigenvalue weighted by atomic mass is 10.1. The molecular weight excluding hydrogens is 366 g/mol. The van der Waals surface area contributed by atoms with Gasteiger partial charge in [0.15, 0.2) is 0 Å². The molecule has 27 heavy (non-hydrogen) atoms. The summed E-state index contributed by atoms with van der Waals surface area (Å²) in [6.45, 7) is 1.51.